The van der Waals surface area contributed by atoms with E-state index in [-0.39, 0.29) is 17.4 Å². The van der Waals surface area contributed by atoms with Crippen LogP contribution in [0.4, 0.5) is 0 Å². The summed E-state index contributed by atoms with van der Waals surface area (Å²) in [4.78, 5) is 12.5. The summed E-state index contributed by atoms with van der Waals surface area (Å²) in [7, 11) is 1.62. The molecule has 0 saturated heterocycles. The number of methoxy groups -OCH3 is 1. The smallest absolute Gasteiger partial charge is 0.250 e. The number of amides is 1. The Kier molecular flexibility index (Phi) is 7.24. The maximum Gasteiger partial charge on any atom is 0.250 e. The van der Waals surface area contributed by atoms with Crippen LogP contribution >= 0.6 is 11.8 Å². The third-order valence-corrected chi connectivity index (χ3v) is 5.90. The Bertz CT molecular complexity index is 1300. The average Bonchev–Trinajstić information content (AvgIpc) is 3.31. The Morgan fingerprint density at radius 2 is 1.74 bits per heavy atom. The van der Waals surface area contributed by atoms with Crippen molar-refractivity contribution in [3.63, 3.8) is 0 Å². The van der Waals surface area contributed by atoms with Crippen LogP contribution in [0.15, 0.2) is 89.1 Å². The molecule has 3 aromatic carbocycles. The summed E-state index contributed by atoms with van der Waals surface area (Å²) in [6.45, 7) is 1.72. The first-order valence-corrected chi connectivity index (χ1v) is 11.4. The molecule has 1 aromatic heterocycles. The maximum atomic E-state index is 12.5. The van der Waals surface area contributed by atoms with Gasteiger partial charge in [-0.15, -0.1) is 10.2 Å². The molecule has 0 aliphatic carbocycles. The van der Waals surface area contributed by atoms with Crippen molar-refractivity contribution < 1.29 is 14.6 Å². The second-order valence-corrected chi connectivity index (χ2v) is 8.19. The molecule has 172 valence electrons. The van der Waals surface area contributed by atoms with Crippen molar-refractivity contribution in [2.45, 2.75) is 12.1 Å². The molecular formula is C25H23N5O3S. The standard InChI is InChI=1S/C25H23N5O3S/c1-17(21-10-6-7-11-22(21)31)26-27-23(32)16-34-25-29-28-24(18-12-14-20(33-2)15-13-18)30(25)19-8-4-3-5-9-19/h3-15,31H,16H2,1-2H3,(H,27,32)/b26-17+. The first-order chi connectivity index (χ1) is 16.6. The van der Waals surface area contributed by atoms with Crippen molar-refractivity contribution in [1.29, 1.82) is 0 Å². The molecule has 34 heavy (non-hydrogen) atoms. The van der Waals surface area contributed by atoms with Gasteiger partial charge in [0.25, 0.3) is 5.91 Å². The summed E-state index contributed by atoms with van der Waals surface area (Å²) in [6.07, 6.45) is 0. The van der Waals surface area contributed by atoms with Crippen LogP contribution in [-0.4, -0.2) is 44.4 Å². The minimum atomic E-state index is -0.298. The number of phenolic OH excluding ortho intramolecular Hbond substituents is 1. The highest BCUT2D eigenvalue weighted by Crippen LogP contribution is 2.29. The van der Waals surface area contributed by atoms with Gasteiger partial charge < -0.3 is 9.84 Å². The maximum absolute atomic E-state index is 12.5. The van der Waals surface area contributed by atoms with Crippen LogP contribution < -0.4 is 10.2 Å². The van der Waals surface area contributed by atoms with Crippen LogP contribution in [0, 0.1) is 0 Å². The van der Waals surface area contributed by atoms with E-state index in [0.29, 0.717) is 22.3 Å². The topological polar surface area (TPSA) is 102 Å². The van der Waals surface area contributed by atoms with Crippen molar-refractivity contribution in [2.24, 2.45) is 5.10 Å². The molecule has 0 aliphatic heterocycles. The van der Waals surface area contributed by atoms with E-state index in [1.807, 2.05) is 59.2 Å². The minimum Gasteiger partial charge on any atom is -0.507 e. The summed E-state index contributed by atoms with van der Waals surface area (Å²) < 4.78 is 7.16. The first-order valence-electron chi connectivity index (χ1n) is 10.5. The number of aromatic nitrogens is 3. The van der Waals surface area contributed by atoms with Gasteiger partial charge in [-0.1, -0.05) is 42.1 Å². The van der Waals surface area contributed by atoms with E-state index in [1.54, 1.807) is 38.3 Å². The molecular weight excluding hydrogens is 450 g/mol. The summed E-state index contributed by atoms with van der Waals surface area (Å²) in [5.74, 6) is 1.30. The predicted molar refractivity (Wildman–Crippen MR) is 133 cm³/mol. The lowest BCUT2D eigenvalue weighted by Gasteiger charge is -2.10. The molecule has 2 N–H and O–H groups in total. The largest absolute Gasteiger partial charge is 0.507 e. The zero-order chi connectivity index (χ0) is 23.9. The Labute approximate surface area is 201 Å². The molecule has 0 atom stereocenters. The summed E-state index contributed by atoms with van der Waals surface area (Å²) in [5, 5.41) is 23.3. The summed E-state index contributed by atoms with van der Waals surface area (Å²) in [6, 6.07) is 24.1. The fraction of sp³-hybridized carbons (Fsp3) is 0.120. The van der Waals surface area contributed by atoms with Gasteiger partial charge in [-0.25, -0.2) is 5.43 Å². The molecule has 0 spiro atoms. The Hall–Kier alpha value is -4.11. The highest BCUT2D eigenvalue weighted by Gasteiger charge is 2.17. The van der Waals surface area contributed by atoms with Crippen LogP contribution in [0.5, 0.6) is 11.5 Å². The highest BCUT2D eigenvalue weighted by molar-refractivity contribution is 7.99. The van der Waals surface area contributed by atoms with Gasteiger partial charge in [-0.2, -0.15) is 5.10 Å². The number of para-hydroxylation sites is 2. The van der Waals surface area contributed by atoms with Gasteiger partial charge >= 0.3 is 0 Å². The number of phenols is 1. The summed E-state index contributed by atoms with van der Waals surface area (Å²) in [5.41, 5.74) is 5.35. The minimum absolute atomic E-state index is 0.0884. The lowest BCUT2D eigenvalue weighted by Crippen LogP contribution is -2.21. The Morgan fingerprint density at radius 1 is 1.03 bits per heavy atom. The van der Waals surface area contributed by atoms with Crippen LogP contribution in [0.2, 0.25) is 0 Å². The normalized spacial score (nSPS) is 11.3. The molecule has 4 aromatic rings. The number of carbonyl (C=O) groups excluding carboxylic acids is 1. The van der Waals surface area contributed by atoms with Gasteiger partial charge in [0.05, 0.1) is 18.6 Å². The van der Waals surface area contributed by atoms with E-state index >= 15 is 0 Å². The lowest BCUT2D eigenvalue weighted by atomic mass is 10.1. The molecule has 8 nitrogen and oxygen atoms in total. The van der Waals surface area contributed by atoms with Crippen molar-refractivity contribution in [1.82, 2.24) is 20.2 Å². The van der Waals surface area contributed by atoms with E-state index in [9.17, 15) is 9.90 Å². The van der Waals surface area contributed by atoms with E-state index in [0.717, 1.165) is 17.0 Å². The third-order valence-electron chi connectivity index (χ3n) is 4.97. The molecule has 0 bridgehead atoms. The van der Waals surface area contributed by atoms with Gasteiger partial charge in [0.1, 0.15) is 11.5 Å². The summed E-state index contributed by atoms with van der Waals surface area (Å²) >= 11 is 1.26. The molecule has 0 aliphatic rings. The van der Waals surface area contributed by atoms with E-state index < -0.39 is 0 Å². The third kappa shape index (κ3) is 5.26. The van der Waals surface area contributed by atoms with Crippen molar-refractivity contribution in [2.75, 3.05) is 12.9 Å². The second-order valence-electron chi connectivity index (χ2n) is 7.24. The quantitative estimate of drug-likeness (QED) is 0.225. The van der Waals surface area contributed by atoms with Crippen LogP contribution in [-0.2, 0) is 4.79 Å². The molecule has 0 saturated carbocycles. The molecule has 0 fully saturated rings. The van der Waals surface area contributed by atoms with Gasteiger partial charge in [0.15, 0.2) is 11.0 Å². The Morgan fingerprint density at radius 3 is 2.44 bits per heavy atom. The molecule has 1 amide bonds. The number of hydrazone groups is 1. The molecule has 0 radical (unpaired) electrons. The zero-order valence-electron chi connectivity index (χ0n) is 18.7. The van der Waals surface area contributed by atoms with Gasteiger partial charge in [0.2, 0.25) is 0 Å². The fourth-order valence-electron chi connectivity index (χ4n) is 3.25. The van der Waals surface area contributed by atoms with Crippen molar-refractivity contribution in [3.8, 4) is 28.6 Å². The molecule has 9 heteroatoms. The van der Waals surface area contributed by atoms with Crippen LogP contribution in [0.3, 0.4) is 0 Å². The first kappa shape index (κ1) is 23.1. The number of aromatic hydroxyl groups is 1. The number of nitrogens with one attached hydrogen (secondary N) is 1. The second kappa shape index (κ2) is 10.7. The van der Waals surface area contributed by atoms with Gasteiger partial charge in [-0.3, -0.25) is 9.36 Å². The highest BCUT2D eigenvalue weighted by atomic mass is 32.2. The number of nitrogens with zero attached hydrogens (tertiary/aromatic N) is 4. The number of hydrogen-bond donors (Lipinski definition) is 2. The number of carbonyl (C=O) groups is 1. The monoisotopic (exact) mass is 473 g/mol. The fourth-order valence-corrected chi connectivity index (χ4v) is 3.99. The van der Waals surface area contributed by atoms with E-state index in [1.165, 1.54) is 11.8 Å². The van der Waals surface area contributed by atoms with Crippen LogP contribution in [0.1, 0.15) is 12.5 Å². The number of benzene rings is 3. The number of hydrogen-bond acceptors (Lipinski definition) is 7. The van der Waals surface area contributed by atoms with E-state index in [2.05, 4.69) is 20.7 Å². The molecule has 1 heterocycles. The van der Waals surface area contributed by atoms with Crippen molar-refractivity contribution >= 4 is 23.4 Å². The average molecular weight is 474 g/mol. The predicted octanol–water partition coefficient (Wildman–Crippen LogP) is 4.28. The lowest BCUT2D eigenvalue weighted by molar-refractivity contribution is -0.118. The molecule has 4 rings (SSSR count). The number of rotatable bonds is 8. The van der Waals surface area contributed by atoms with Gasteiger partial charge in [-0.05, 0) is 55.5 Å². The Balaban J connectivity index is 1.52. The number of ether oxygens (including phenoxy) is 1. The van der Waals surface area contributed by atoms with Crippen molar-refractivity contribution in [3.05, 3.63) is 84.4 Å². The number of thioether (sulfide) groups is 1. The van der Waals surface area contributed by atoms with Gasteiger partial charge in [0, 0.05) is 16.8 Å². The van der Waals surface area contributed by atoms with Crippen LogP contribution in [0.25, 0.3) is 17.1 Å². The van der Waals surface area contributed by atoms with E-state index in [4.69, 9.17) is 4.74 Å². The molecule has 0 unspecified atom stereocenters. The zero-order valence-corrected chi connectivity index (χ0v) is 19.5. The SMILES string of the molecule is COc1ccc(-c2nnc(SCC(=O)N/N=C(\C)c3ccccc3O)n2-c2ccccc2)cc1.